The van der Waals surface area contributed by atoms with E-state index >= 15 is 0 Å². The highest BCUT2D eigenvalue weighted by molar-refractivity contribution is 5.91. The smallest absolute Gasteiger partial charge is 0.328 e. The number of rotatable bonds is 5. The molecule has 0 bridgehead atoms. The van der Waals surface area contributed by atoms with E-state index in [9.17, 15) is 13.6 Å². The van der Waals surface area contributed by atoms with E-state index in [1.807, 2.05) is 19.9 Å². The average molecular weight is 416 g/mol. The number of alkyl halides is 2. The number of benzene rings is 1. The van der Waals surface area contributed by atoms with Crippen LogP contribution in [0.4, 0.5) is 8.78 Å². The zero-order chi connectivity index (χ0) is 22.2. The third-order valence-corrected chi connectivity index (χ3v) is 4.50. The molecule has 0 aliphatic carbocycles. The normalized spacial score (nSPS) is 12.2. The number of ether oxygens (including phenoxy) is 1. The Kier molecular flexibility index (Phi) is 5.87. The number of carbonyl (C=O) groups excluding carboxylic acids is 1. The molecule has 0 fully saturated rings. The predicted molar refractivity (Wildman–Crippen MR) is 110 cm³/mol. The van der Waals surface area contributed by atoms with Gasteiger partial charge in [-0.15, -0.1) is 0 Å². The standard InChI is InChI=1S/C22H26F2N4O2/c1-12(2)19-16-7-14(15-9-25-13(3)26-10-15)8-17(21(23)24)20(16)28(27-19)11-18(29)30-22(4,5)6/h7-10,12,21H,11H2,1-6H3. The summed E-state index contributed by atoms with van der Waals surface area (Å²) in [4.78, 5) is 20.7. The summed E-state index contributed by atoms with van der Waals surface area (Å²) in [6, 6.07) is 3.22. The Bertz CT molecular complexity index is 1070. The van der Waals surface area contributed by atoms with Crippen molar-refractivity contribution in [2.75, 3.05) is 0 Å². The van der Waals surface area contributed by atoms with Gasteiger partial charge in [-0.05, 0) is 51.3 Å². The molecule has 8 heteroatoms. The van der Waals surface area contributed by atoms with Crippen LogP contribution in [0.25, 0.3) is 22.0 Å². The van der Waals surface area contributed by atoms with Gasteiger partial charge in [-0.25, -0.2) is 18.7 Å². The Morgan fingerprint density at radius 2 is 1.77 bits per heavy atom. The summed E-state index contributed by atoms with van der Waals surface area (Å²) in [5, 5.41) is 5.09. The van der Waals surface area contributed by atoms with E-state index in [0.717, 1.165) is 0 Å². The van der Waals surface area contributed by atoms with Gasteiger partial charge < -0.3 is 4.74 Å². The van der Waals surface area contributed by atoms with Crippen molar-refractivity contribution < 1.29 is 18.3 Å². The minimum atomic E-state index is -2.74. The zero-order valence-corrected chi connectivity index (χ0v) is 18.0. The zero-order valence-electron chi connectivity index (χ0n) is 18.0. The molecular formula is C22H26F2N4O2. The van der Waals surface area contributed by atoms with Crippen LogP contribution in [0.5, 0.6) is 0 Å². The fraction of sp³-hybridized carbons (Fsp3) is 0.455. The second-order valence-electron chi connectivity index (χ2n) is 8.57. The maximum absolute atomic E-state index is 14.1. The Morgan fingerprint density at radius 3 is 2.30 bits per heavy atom. The lowest BCUT2D eigenvalue weighted by molar-refractivity contribution is -0.155. The molecule has 0 aliphatic rings. The monoisotopic (exact) mass is 416 g/mol. The topological polar surface area (TPSA) is 69.9 Å². The summed E-state index contributed by atoms with van der Waals surface area (Å²) in [7, 11) is 0. The molecule has 2 aromatic heterocycles. The Hall–Kier alpha value is -2.90. The Morgan fingerprint density at radius 1 is 1.13 bits per heavy atom. The van der Waals surface area contributed by atoms with Gasteiger partial charge in [0.15, 0.2) is 0 Å². The van der Waals surface area contributed by atoms with Crippen molar-refractivity contribution in [1.29, 1.82) is 0 Å². The molecule has 0 N–H and O–H groups in total. The molecule has 1 aromatic carbocycles. The van der Waals surface area contributed by atoms with Crippen LogP contribution in [-0.4, -0.2) is 31.3 Å². The second kappa shape index (κ2) is 8.08. The summed E-state index contributed by atoms with van der Waals surface area (Å²) in [6.45, 7) is 10.7. The van der Waals surface area contributed by atoms with E-state index in [1.54, 1.807) is 40.1 Å². The predicted octanol–water partition coefficient (Wildman–Crippen LogP) is 5.20. The van der Waals surface area contributed by atoms with E-state index in [-0.39, 0.29) is 23.5 Å². The third kappa shape index (κ3) is 4.63. The Balaban J connectivity index is 2.19. The lowest BCUT2D eigenvalue weighted by Gasteiger charge is -2.19. The van der Waals surface area contributed by atoms with Crippen LogP contribution < -0.4 is 0 Å². The van der Waals surface area contributed by atoms with E-state index in [1.165, 1.54) is 10.7 Å². The molecule has 0 amide bonds. The number of hydrogen-bond acceptors (Lipinski definition) is 5. The number of halogens is 2. The van der Waals surface area contributed by atoms with Gasteiger partial charge in [-0.3, -0.25) is 9.48 Å². The fourth-order valence-electron chi connectivity index (χ4n) is 3.29. The molecule has 0 aliphatic heterocycles. The van der Waals surface area contributed by atoms with Crippen molar-refractivity contribution in [2.24, 2.45) is 0 Å². The molecule has 160 valence electrons. The van der Waals surface area contributed by atoms with Crippen LogP contribution in [0.3, 0.4) is 0 Å². The van der Waals surface area contributed by atoms with E-state index < -0.39 is 18.0 Å². The Labute approximate surface area is 174 Å². The molecule has 6 nitrogen and oxygen atoms in total. The summed E-state index contributed by atoms with van der Waals surface area (Å²) in [5.74, 6) is 0.0443. The number of nitrogens with zero attached hydrogens (tertiary/aromatic N) is 4. The molecular weight excluding hydrogens is 390 g/mol. The highest BCUT2D eigenvalue weighted by Gasteiger charge is 2.25. The van der Waals surface area contributed by atoms with Gasteiger partial charge in [0.1, 0.15) is 18.0 Å². The maximum Gasteiger partial charge on any atom is 0.328 e. The molecule has 0 saturated heterocycles. The first kappa shape index (κ1) is 21.8. The van der Waals surface area contributed by atoms with Crippen LogP contribution in [0, 0.1) is 6.92 Å². The molecule has 0 atom stereocenters. The van der Waals surface area contributed by atoms with Gasteiger partial charge in [0.2, 0.25) is 0 Å². The lowest BCUT2D eigenvalue weighted by Crippen LogP contribution is -2.27. The van der Waals surface area contributed by atoms with Crippen LogP contribution in [-0.2, 0) is 16.1 Å². The maximum atomic E-state index is 14.1. The van der Waals surface area contributed by atoms with Crippen LogP contribution in [0.15, 0.2) is 24.5 Å². The van der Waals surface area contributed by atoms with Gasteiger partial charge >= 0.3 is 5.97 Å². The van der Waals surface area contributed by atoms with Crippen LogP contribution >= 0.6 is 0 Å². The number of aryl methyl sites for hydroxylation is 1. The minimum Gasteiger partial charge on any atom is -0.459 e. The number of carbonyl (C=O) groups is 1. The fourth-order valence-corrected chi connectivity index (χ4v) is 3.29. The van der Waals surface area contributed by atoms with E-state index in [0.29, 0.717) is 28.0 Å². The van der Waals surface area contributed by atoms with E-state index in [4.69, 9.17) is 4.74 Å². The van der Waals surface area contributed by atoms with Crippen molar-refractivity contribution in [3.8, 4) is 11.1 Å². The van der Waals surface area contributed by atoms with Crippen molar-refractivity contribution in [1.82, 2.24) is 19.7 Å². The quantitative estimate of drug-likeness (QED) is 0.535. The van der Waals surface area contributed by atoms with Crippen molar-refractivity contribution >= 4 is 16.9 Å². The molecule has 0 saturated carbocycles. The van der Waals surface area contributed by atoms with Gasteiger partial charge in [0.05, 0.1) is 11.2 Å². The highest BCUT2D eigenvalue weighted by atomic mass is 19.3. The summed E-state index contributed by atoms with van der Waals surface area (Å²) in [5.41, 5.74) is 1.24. The first-order valence-corrected chi connectivity index (χ1v) is 9.79. The van der Waals surface area contributed by atoms with Crippen LogP contribution in [0.2, 0.25) is 0 Å². The van der Waals surface area contributed by atoms with Crippen LogP contribution in [0.1, 0.15) is 64.0 Å². The molecule has 0 unspecified atom stereocenters. The second-order valence-corrected chi connectivity index (χ2v) is 8.57. The number of fused-ring (bicyclic) bond motifs is 1. The largest absolute Gasteiger partial charge is 0.459 e. The first-order chi connectivity index (χ1) is 14.0. The number of hydrogen-bond donors (Lipinski definition) is 0. The SMILES string of the molecule is Cc1ncc(-c2cc(C(F)F)c3c(c2)c(C(C)C)nn3CC(=O)OC(C)(C)C)cn1. The highest BCUT2D eigenvalue weighted by Crippen LogP contribution is 2.36. The van der Waals surface area contributed by atoms with Gasteiger partial charge in [0.25, 0.3) is 6.43 Å². The summed E-state index contributed by atoms with van der Waals surface area (Å²) < 4.78 is 34.8. The third-order valence-electron chi connectivity index (χ3n) is 4.50. The molecule has 30 heavy (non-hydrogen) atoms. The molecule has 3 aromatic rings. The molecule has 3 rings (SSSR count). The van der Waals surface area contributed by atoms with Crippen molar-refractivity contribution in [3.63, 3.8) is 0 Å². The number of esters is 1. The minimum absolute atomic E-state index is 0.0255. The number of aromatic nitrogens is 4. The molecule has 0 radical (unpaired) electrons. The van der Waals surface area contributed by atoms with E-state index in [2.05, 4.69) is 15.1 Å². The first-order valence-electron chi connectivity index (χ1n) is 9.79. The van der Waals surface area contributed by atoms with Gasteiger partial charge in [-0.1, -0.05) is 13.8 Å². The molecule has 2 heterocycles. The summed E-state index contributed by atoms with van der Waals surface area (Å²) in [6.07, 6.45) is 0.477. The van der Waals surface area contributed by atoms with Gasteiger partial charge in [0, 0.05) is 28.9 Å². The molecule has 0 spiro atoms. The summed E-state index contributed by atoms with van der Waals surface area (Å²) >= 11 is 0. The lowest BCUT2D eigenvalue weighted by atomic mass is 9.98. The average Bonchev–Trinajstić information content (AvgIpc) is 2.98. The van der Waals surface area contributed by atoms with Gasteiger partial charge in [-0.2, -0.15) is 5.10 Å². The van der Waals surface area contributed by atoms with Crippen molar-refractivity contribution in [2.45, 2.75) is 66.0 Å². The van der Waals surface area contributed by atoms with Crippen molar-refractivity contribution in [3.05, 3.63) is 41.6 Å².